The maximum atomic E-state index is 9.34. The Kier molecular flexibility index (Phi) is 5.87. The van der Waals surface area contributed by atoms with Gasteiger partial charge in [-0.1, -0.05) is 29.8 Å². The van der Waals surface area contributed by atoms with Crippen LogP contribution in [-0.2, 0) is 19.6 Å². The van der Waals surface area contributed by atoms with E-state index in [-0.39, 0.29) is 6.61 Å². The van der Waals surface area contributed by atoms with Crippen LogP contribution >= 0.6 is 11.6 Å². The fourth-order valence-electron chi connectivity index (χ4n) is 2.17. The summed E-state index contributed by atoms with van der Waals surface area (Å²) >= 11 is 5.88. The summed E-state index contributed by atoms with van der Waals surface area (Å²) in [6.07, 6.45) is 2.44. The van der Waals surface area contributed by atoms with E-state index in [9.17, 15) is 5.11 Å². The predicted molar refractivity (Wildman–Crippen MR) is 88.6 cm³/mol. The van der Waals surface area contributed by atoms with Gasteiger partial charge in [-0.05, 0) is 41.8 Å². The Morgan fingerprint density at radius 2 is 1.91 bits per heavy atom. The number of benzene rings is 2. The highest BCUT2D eigenvalue weighted by Gasteiger charge is 2.12. The standard InChI is InChI=1S/C18H19ClO3/c1-3-4-15-9-14(11-20)10-17(21-2)18(15)22-12-13-5-7-16(19)8-6-13/h3,5-10,20H,1,4,11-12H2,2H3. The first-order valence-electron chi connectivity index (χ1n) is 6.96. The van der Waals surface area contributed by atoms with Crippen molar-refractivity contribution in [2.75, 3.05) is 7.11 Å². The number of halogens is 1. The van der Waals surface area contributed by atoms with Gasteiger partial charge in [0.25, 0.3) is 0 Å². The Hall–Kier alpha value is -1.97. The van der Waals surface area contributed by atoms with E-state index in [1.165, 1.54) is 0 Å². The highest BCUT2D eigenvalue weighted by molar-refractivity contribution is 6.30. The van der Waals surface area contributed by atoms with Gasteiger partial charge in [0.2, 0.25) is 0 Å². The van der Waals surface area contributed by atoms with Gasteiger partial charge in [-0.15, -0.1) is 6.58 Å². The molecule has 0 amide bonds. The van der Waals surface area contributed by atoms with Gasteiger partial charge in [-0.3, -0.25) is 0 Å². The first-order chi connectivity index (χ1) is 10.7. The number of allylic oxidation sites excluding steroid dienone is 1. The molecule has 3 nitrogen and oxygen atoms in total. The zero-order valence-electron chi connectivity index (χ0n) is 12.5. The molecule has 0 bridgehead atoms. The molecule has 1 N–H and O–H groups in total. The number of ether oxygens (including phenoxy) is 2. The van der Waals surface area contributed by atoms with Crippen molar-refractivity contribution in [1.29, 1.82) is 0 Å². The van der Waals surface area contributed by atoms with Crippen LogP contribution in [0.5, 0.6) is 11.5 Å². The molecule has 0 fully saturated rings. The van der Waals surface area contributed by atoms with E-state index < -0.39 is 0 Å². The van der Waals surface area contributed by atoms with Gasteiger partial charge in [0, 0.05) is 10.6 Å². The maximum absolute atomic E-state index is 9.34. The van der Waals surface area contributed by atoms with Gasteiger partial charge in [-0.25, -0.2) is 0 Å². The van der Waals surface area contributed by atoms with Crippen LogP contribution in [0.1, 0.15) is 16.7 Å². The number of hydrogen-bond acceptors (Lipinski definition) is 3. The predicted octanol–water partition coefficient (Wildman–Crippen LogP) is 4.15. The first-order valence-corrected chi connectivity index (χ1v) is 7.34. The van der Waals surface area contributed by atoms with Crippen LogP contribution in [0.4, 0.5) is 0 Å². The van der Waals surface area contributed by atoms with Crippen LogP contribution in [0.25, 0.3) is 0 Å². The third-order valence-corrected chi connectivity index (χ3v) is 3.51. The van der Waals surface area contributed by atoms with Crippen LogP contribution in [-0.4, -0.2) is 12.2 Å². The molecule has 0 radical (unpaired) electrons. The summed E-state index contributed by atoms with van der Waals surface area (Å²) in [4.78, 5) is 0. The van der Waals surface area contributed by atoms with E-state index in [0.717, 1.165) is 16.7 Å². The highest BCUT2D eigenvalue weighted by atomic mass is 35.5. The fraction of sp³-hybridized carbons (Fsp3) is 0.222. The van der Waals surface area contributed by atoms with Crippen LogP contribution in [0, 0.1) is 0 Å². The lowest BCUT2D eigenvalue weighted by molar-refractivity contribution is 0.272. The Balaban J connectivity index is 2.27. The Morgan fingerprint density at radius 1 is 1.18 bits per heavy atom. The van der Waals surface area contributed by atoms with Crippen molar-refractivity contribution in [1.82, 2.24) is 0 Å². The zero-order chi connectivity index (χ0) is 15.9. The molecular weight excluding hydrogens is 300 g/mol. The monoisotopic (exact) mass is 318 g/mol. The second-order valence-corrected chi connectivity index (χ2v) is 5.29. The van der Waals surface area contributed by atoms with Gasteiger partial charge < -0.3 is 14.6 Å². The number of hydrogen-bond donors (Lipinski definition) is 1. The highest BCUT2D eigenvalue weighted by Crippen LogP contribution is 2.34. The minimum absolute atomic E-state index is 0.0437. The molecule has 4 heteroatoms. The summed E-state index contributed by atoms with van der Waals surface area (Å²) in [6, 6.07) is 11.2. The summed E-state index contributed by atoms with van der Waals surface area (Å²) in [6.45, 7) is 4.13. The number of aliphatic hydroxyl groups excluding tert-OH is 1. The summed E-state index contributed by atoms with van der Waals surface area (Å²) in [5.41, 5.74) is 2.74. The second-order valence-electron chi connectivity index (χ2n) is 4.85. The largest absolute Gasteiger partial charge is 0.493 e. The lowest BCUT2D eigenvalue weighted by atomic mass is 10.1. The number of rotatable bonds is 7. The van der Waals surface area contributed by atoms with Crippen LogP contribution in [0.2, 0.25) is 5.02 Å². The lowest BCUT2D eigenvalue weighted by Gasteiger charge is -2.16. The van der Waals surface area contributed by atoms with E-state index in [1.54, 1.807) is 19.3 Å². The third-order valence-electron chi connectivity index (χ3n) is 3.25. The van der Waals surface area contributed by atoms with E-state index in [4.69, 9.17) is 21.1 Å². The van der Waals surface area contributed by atoms with Crippen molar-refractivity contribution in [3.05, 3.63) is 70.8 Å². The molecule has 2 rings (SSSR count). The average molecular weight is 319 g/mol. The fourth-order valence-corrected chi connectivity index (χ4v) is 2.30. The molecule has 0 unspecified atom stereocenters. The molecule has 0 aliphatic rings. The third kappa shape index (κ3) is 4.03. The lowest BCUT2D eigenvalue weighted by Crippen LogP contribution is -2.02. The summed E-state index contributed by atoms with van der Waals surface area (Å²) in [7, 11) is 1.59. The SMILES string of the molecule is C=CCc1cc(CO)cc(OC)c1OCc1ccc(Cl)cc1. The van der Waals surface area contributed by atoms with E-state index in [0.29, 0.717) is 29.5 Å². The quantitative estimate of drug-likeness (QED) is 0.779. The minimum atomic E-state index is -0.0437. The van der Waals surface area contributed by atoms with Crippen molar-refractivity contribution < 1.29 is 14.6 Å². The van der Waals surface area contributed by atoms with Crippen molar-refractivity contribution in [2.45, 2.75) is 19.6 Å². The van der Waals surface area contributed by atoms with Crippen molar-refractivity contribution in [3.63, 3.8) is 0 Å². The van der Waals surface area contributed by atoms with Gasteiger partial charge >= 0.3 is 0 Å². The van der Waals surface area contributed by atoms with Gasteiger partial charge in [0.05, 0.1) is 13.7 Å². The van der Waals surface area contributed by atoms with E-state index in [2.05, 4.69) is 6.58 Å². The van der Waals surface area contributed by atoms with Gasteiger partial charge in [-0.2, -0.15) is 0 Å². The Labute approximate surface area is 135 Å². The van der Waals surface area contributed by atoms with Crippen molar-refractivity contribution in [2.24, 2.45) is 0 Å². The summed E-state index contributed by atoms with van der Waals surface area (Å²) in [5.74, 6) is 1.28. The molecule has 2 aromatic rings. The topological polar surface area (TPSA) is 38.7 Å². The molecule has 0 spiro atoms. The Morgan fingerprint density at radius 3 is 2.50 bits per heavy atom. The first kappa shape index (κ1) is 16.4. The Bertz CT molecular complexity index is 636. The molecule has 0 aromatic heterocycles. The number of aliphatic hydroxyl groups is 1. The summed E-state index contributed by atoms with van der Waals surface area (Å²) in [5, 5.41) is 10.0. The molecule has 0 saturated heterocycles. The van der Waals surface area contributed by atoms with Crippen LogP contribution < -0.4 is 9.47 Å². The van der Waals surface area contributed by atoms with Crippen LogP contribution in [0.15, 0.2) is 49.1 Å². The maximum Gasteiger partial charge on any atom is 0.165 e. The van der Waals surface area contributed by atoms with E-state index >= 15 is 0 Å². The van der Waals surface area contributed by atoms with Gasteiger partial charge in [0.15, 0.2) is 11.5 Å². The van der Waals surface area contributed by atoms with Crippen molar-refractivity contribution in [3.8, 4) is 11.5 Å². The molecule has 0 saturated carbocycles. The zero-order valence-corrected chi connectivity index (χ0v) is 13.3. The molecule has 0 atom stereocenters. The normalized spacial score (nSPS) is 10.3. The van der Waals surface area contributed by atoms with Crippen LogP contribution in [0.3, 0.4) is 0 Å². The summed E-state index contributed by atoms with van der Waals surface area (Å²) < 4.78 is 11.3. The average Bonchev–Trinajstić information content (AvgIpc) is 2.54. The molecule has 0 heterocycles. The van der Waals surface area contributed by atoms with E-state index in [1.807, 2.05) is 30.3 Å². The minimum Gasteiger partial charge on any atom is -0.493 e. The van der Waals surface area contributed by atoms with Crippen molar-refractivity contribution >= 4 is 11.6 Å². The number of methoxy groups -OCH3 is 1. The molecule has 0 aliphatic heterocycles. The van der Waals surface area contributed by atoms with Gasteiger partial charge in [0.1, 0.15) is 6.61 Å². The molecule has 2 aromatic carbocycles. The molecule has 0 aliphatic carbocycles. The molecule has 22 heavy (non-hydrogen) atoms. The second kappa shape index (κ2) is 7.87. The smallest absolute Gasteiger partial charge is 0.165 e. The molecule has 116 valence electrons. The molecular formula is C18H19ClO3.